The van der Waals surface area contributed by atoms with Gasteiger partial charge < -0.3 is 30.6 Å². The Hall–Kier alpha value is -4.98. The first-order chi connectivity index (χ1) is 20.3. The number of pyridine rings is 4. The fraction of sp³-hybridized carbons (Fsp3) is 0.172. The molecule has 14 nitrogen and oxygen atoms in total. The molecule has 4 aromatic rings. The van der Waals surface area contributed by atoms with Gasteiger partial charge >= 0.3 is 23.9 Å². The summed E-state index contributed by atoms with van der Waals surface area (Å²) in [6.07, 6.45) is 5.09. The Morgan fingerprint density at radius 2 is 0.727 bits per heavy atom. The van der Waals surface area contributed by atoms with Crippen LogP contribution in [-0.4, -0.2) is 86.7 Å². The molecule has 0 fully saturated rings. The van der Waals surface area contributed by atoms with Crippen molar-refractivity contribution in [2.45, 2.75) is 32.5 Å². The largest absolute Gasteiger partial charge is 0.478 e. The summed E-state index contributed by atoms with van der Waals surface area (Å²) in [5, 5.41) is 52.6. The second-order valence-electron chi connectivity index (χ2n) is 8.87. The van der Waals surface area contributed by atoms with Crippen molar-refractivity contribution in [1.29, 1.82) is 0 Å². The first-order valence-corrected chi connectivity index (χ1v) is 12.4. The molecule has 0 aliphatic rings. The van der Waals surface area contributed by atoms with E-state index in [1.165, 1.54) is 73.3 Å². The number of aliphatic hydroxyl groups excluding tert-OH is 2. The van der Waals surface area contributed by atoms with Crippen molar-refractivity contribution in [3.05, 3.63) is 95.6 Å². The summed E-state index contributed by atoms with van der Waals surface area (Å²) in [4.78, 5) is 59.2. The van der Waals surface area contributed by atoms with E-state index >= 15 is 0 Å². The molecule has 6 N–H and O–H groups in total. The van der Waals surface area contributed by atoms with Crippen LogP contribution in [0.3, 0.4) is 0 Å². The van der Waals surface area contributed by atoms with Gasteiger partial charge in [0.2, 0.25) is 0 Å². The molecule has 15 heteroatoms. The molecule has 232 valence electrons. The summed E-state index contributed by atoms with van der Waals surface area (Å²) in [5.74, 6) is -4.30. The van der Waals surface area contributed by atoms with Gasteiger partial charge in [-0.15, -0.1) is 0 Å². The molecule has 0 spiro atoms. The quantitative estimate of drug-likeness (QED) is 0.145. The van der Waals surface area contributed by atoms with Gasteiger partial charge in [-0.3, -0.25) is 19.9 Å². The predicted octanol–water partition coefficient (Wildman–Crippen LogP) is 3.22. The standard InChI is InChI=1S/2C12H8N2O4.C5H12O2.Ru/c2*15-11(16)7-1-3-13-9(5-7)10-6-8(12(17)18)2-4-14-10;1-4(6)3-5(2)7;/h2*1-6H,(H,15,16)(H,17,18);4-7H,3H2,1-2H3;. The molecule has 0 aliphatic heterocycles. The van der Waals surface area contributed by atoms with Gasteiger partial charge in [0, 0.05) is 44.3 Å². The van der Waals surface area contributed by atoms with Gasteiger partial charge in [-0.1, -0.05) is 0 Å². The van der Waals surface area contributed by atoms with Gasteiger partial charge in [-0.2, -0.15) is 0 Å². The van der Waals surface area contributed by atoms with Gasteiger partial charge in [0.05, 0.1) is 57.2 Å². The second-order valence-corrected chi connectivity index (χ2v) is 8.87. The molecule has 0 radical (unpaired) electrons. The predicted molar refractivity (Wildman–Crippen MR) is 151 cm³/mol. The maximum absolute atomic E-state index is 10.8. The van der Waals surface area contributed by atoms with Crippen LogP contribution < -0.4 is 0 Å². The van der Waals surface area contributed by atoms with E-state index in [2.05, 4.69) is 19.9 Å². The van der Waals surface area contributed by atoms with E-state index in [1.807, 2.05) is 0 Å². The second kappa shape index (κ2) is 17.9. The van der Waals surface area contributed by atoms with Crippen LogP contribution in [0.4, 0.5) is 0 Å². The molecule has 2 unspecified atom stereocenters. The molecule has 2 atom stereocenters. The number of aliphatic hydroxyl groups is 2. The Labute approximate surface area is 263 Å². The molecule has 0 saturated carbocycles. The third kappa shape index (κ3) is 12.1. The zero-order valence-corrected chi connectivity index (χ0v) is 25.0. The molecule has 0 bridgehead atoms. The van der Waals surface area contributed by atoms with Crippen LogP contribution in [0.1, 0.15) is 61.7 Å². The number of carboxylic acid groups (broad SMARTS) is 4. The first-order valence-electron chi connectivity index (χ1n) is 12.4. The Kier molecular flexibility index (Phi) is 15.0. The molecule has 4 rings (SSSR count). The number of hydrogen-bond acceptors (Lipinski definition) is 10. The van der Waals surface area contributed by atoms with E-state index in [0.717, 1.165) is 0 Å². The summed E-state index contributed by atoms with van der Waals surface area (Å²) in [7, 11) is 0. The summed E-state index contributed by atoms with van der Waals surface area (Å²) >= 11 is 0. The molecular formula is C29H28N4O10Ru. The minimum absolute atomic E-state index is 0. The third-order valence-corrected chi connectivity index (χ3v) is 5.23. The van der Waals surface area contributed by atoms with Crippen molar-refractivity contribution in [2.75, 3.05) is 0 Å². The molecule has 0 saturated heterocycles. The van der Waals surface area contributed by atoms with Gasteiger partial charge in [0.25, 0.3) is 0 Å². The minimum atomic E-state index is -1.08. The van der Waals surface area contributed by atoms with Crippen molar-refractivity contribution in [3.8, 4) is 22.8 Å². The van der Waals surface area contributed by atoms with Crippen LogP contribution in [0.25, 0.3) is 22.8 Å². The number of nitrogens with zero attached hydrogens (tertiary/aromatic N) is 4. The monoisotopic (exact) mass is 694 g/mol. The molecule has 4 heterocycles. The van der Waals surface area contributed by atoms with Gasteiger partial charge in [0.15, 0.2) is 0 Å². The van der Waals surface area contributed by atoms with Crippen LogP contribution in [-0.2, 0) is 19.5 Å². The average Bonchev–Trinajstić information content (AvgIpc) is 2.97. The summed E-state index contributed by atoms with van der Waals surface area (Å²) < 4.78 is 0. The SMILES string of the molecule is CC(O)CC(C)O.O=C(O)c1ccnc(-c2cc(C(=O)O)ccn2)c1.O=C(O)c1ccnc(-c2cc(C(=O)O)ccn2)c1.[Ru]. The molecule has 44 heavy (non-hydrogen) atoms. The van der Waals surface area contributed by atoms with E-state index in [9.17, 15) is 19.2 Å². The molecule has 0 amide bonds. The zero-order chi connectivity index (χ0) is 32.1. The van der Waals surface area contributed by atoms with E-state index in [-0.39, 0.29) is 53.9 Å². The third-order valence-electron chi connectivity index (χ3n) is 5.23. The van der Waals surface area contributed by atoms with Gasteiger partial charge in [-0.05, 0) is 68.8 Å². The average molecular weight is 694 g/mol. The van der Waals surface area contributed by atoms with Crippen molar-refractivity contribution >= 4 is 23.9 Å². The normalized spacial score (nSPS) is 11.2. The van der Waals surface area contributed by atoms with E-state index < -0.39 is 23.9 Å². The topological polar surface area (TPSA) is 241 Å². The van der Waals surface area contributed by atoms with Crippen molar-refractivity contribution in [3.63, 3.8) is 0 Å². The van der Waals surface area contributed by atoms with E-state index in [1.54, 1.807) is 13.8 Å². The summed E-state index contributed by atoms with van der Waals surface area (Å²) in [5.41, 5.74) is 1.56. The number of carboxylic acids is 4. The summed E-state index contributed by atoms with van der Waals surface area (Å²) in [6.45, 7) is 3.32. The first kappa shape index (κ1) is 37.0. The zero-order valence-electron chi connectivity index (χ0n) is 23.2. The van der Waals surface area contributed by atoms with E-state index in [0.29, 0.717) is 29.2 Å². The minimum Gasteiger partial charge on any atom is -0.478 e. The fourth-order valence-electron chi connectivity index (χ4n) is 3.31. The van der Waals surface area contributed by atoms with Crippen LogP contribution >= 0.6 is 0 Å². The maximum Gasteiger partial charge on any atom is 0.335 e. The fourth-order valence-corrected chi connectivity index (χ4v) is 3.31. The van der Waals surface area contributed by atoms with Crippen molar-refractivity contribution in [2.24, 2.45) is 0 Å². The number of carbonyl (C=O) groups is 4. The van der Waals surface area contributed by atoms with Crippen LogP contribution in [0.15, 0.2) is 73.3 Å². The molecule has 4 aromatic heterocycles. The Morgan fingerprint density at radius 1 is 0.523 bits per heavy atom. The van der Waals surface area contributed by atoms with Crippen LogP contribution in [0.2, 0.25) is 0 Å². The Bertz CT molecular complexity index is 1370. The van der Waals surface area contributed by atoms with Crippen LogP contribution in [0.5, 0.6) is 0 Å². The maximum atomic E-state index is 10.8. The van der Waals surface area contributed by atoms with Crippen molar-refractivity contribution < 1.29 is 69.3 Å². The number of aromatic carboxylic acids is 4. The molecular weight excluding hydrogens is 665 g/mol. The number of hydrogen-bond donors (Lipinski definition) is 6. The van der Waals surface area contributed by atoms with Crippen LogP contribution in [0, 0.1) is 0 Å². The Balaban J connectivity index is 0.000000357. The number of aromatic nitrogens is 4. The smallest absolute Gasteiger partial charge is 0.335 e. The summed E-state index contributed by atoms with van der Waals surface area (Å²) in [6, 6.07) is 10.8. The Morgan fingerprint density at radius 3 is 0.864 bits per heavy atom. The number of rotatable bonds is 8. The van der Waals surface area contributed by atoms with E-state index in [4.69, 9.17) is 30.6 Å². The van der Waals surface area contributed by atoms with Gasteiger partial charge in [-0.25, -0.2) is 19.2 Å². The van der Waals surface area contributed by atoms with Crippen molar-refractivity contribution in [1.82, 2.24) is 19.9 Å². The molecule has 0 aliphatic carbocycles. The molecule has 0 aromatic carbocycles. The van der Waals surface area contributed by atoms with Gasteiger partial charge in [0.1, 0.15) is 0 Å².